The number of hydrogen-bond donors (Lipinski definition) is 2. The number of anilines is 2. The number of benzene rings is 2. The van der Waals surface area contributed by atoms with Crippen LogP contribution in [0.25, 0.3) is 22.5 Å². The van der Waals surface area contributed by atoms with Gasteiger partial charge in [-0.05, 0) is 30.3 Å². The molecule has 6 rings (SSSR count). The zero-order valence-corrected chi connectivity index (χ0v) is 20.2. The van der Waals surface area contributed by atoms with E-state index in [1.54, 1.807) is 24.4 Å². The van der Waals surface area contributed by atoms with Gasteiger partial charge in [0.2, 0.25) is 0 Å². The topological polar surface area (TPSA) is 70.4 Å². The third-order valence-corrected chi connectivity index (χ3v) is 6.88. The molecule has 0 aromatic heterocycles. The predicted molar refractivity (Wildman–Crippen MR) is 137 cm³/mol. The Hall–Kier alpha value is -3.20. The molecule has 0 aliphatic carbocycles. The smallest absolute Gasteiger partial charge is 0.251 e. The van der Waals surface area contributed by atoms with E-state index in [0.29, 0.717) is 21.4 Å². The molecule has 0 amide bonds. The van der Waals surface area contributed by atoms with Crippen LogP contribution in [0.4, 0.5) is 21.6 Å². The summed E-state index contributed by atoms with van der Waals surface area (Å²) in [6, 6.07) is 12.5. The van der Waals surface area contributed by atoms with E-state index in [-0.39, 0.29) is 11.4 Å². The number of aromatic nitrogens is 3. The maximum atomic E-state index is 14.8. The average molecular weight is 510 g/mol. The number of halogens is 3. The van der Waals surface area contributed by atoms with Gasteiger partial charge in [0.05, 0.1) is 16.4 Å². The van der Waals surface area contributed by atoms with Gasteiger partial charge in [-0.3, -0.25) is 0 Å². The summed E-state index contributed by atoms with van der Waals surface area (Å²) >= 11 is 12.6. The number of piperazine rings is 1. The first kappa shape index (κ1) is 22.3. The number of pyridine rings is 1. The van der Waals surface area contributed by atoms with Crippen LogP contribution in [-0.2, 0) is 6.54 Å². The van der Waals surface area contributed by atoms with Crippen molar-refractivity contribution >= 4 is 40.4 Å². The number of hydrogen-bond acceptors (Lipinski definition) is 6. The molecule has 4 aliphatic rings. The quantitative estimate of drug-likeness (QED) is 0.423. The highest BCUT2D eigenvalue weighted by molar-refractivity contribution is 6.36. The fourth-order valence-corrected chi connectivity index (χ4v) is 5.18. The molecule has 1 fully saturated rings. The fourth-order valence-electron chi connectivity index (χ4n) is 4.67. The lowest BCUT2D eigenvalue weighted by molar-refractivity contribution is 0.566. The van der Waals surface area contributed by atoms with E-state index in [1.807, 2.05) is 23.1 Å². The van der Waals surface area contributed by atoms with E-state index in [9.17, 15) is 4.39 Å². The van der Waals surface area contributed by atoms with Crippen molar-refractivity contribution in [1.82, 2.24) is 19.9 Å². The minimum absolute atomic E-state index is 0.283. The van der Waals surface area contributed by atoms with Gasteiger partial charge in [-0.2, -0.15) is 4.98 Å². The molecular weight excluding hydrogens is 488 g/mol. The van der Waals surface area contributed by atoms with E-state index < -0.39 is 0 Å². The zero-order valence-electron chi connectivity index (χ0n) is 18.7. The van der Waals surface area contributed by atoms with Crippen molar-refractivity contribution in [2.24, 2.45) is 4.99 Å². The van der Waals surface area contributed by atoms with Crippen LogP contribution in [0.1, 0.15) is 0 Å². The Balaban J connectivity index is 1.40. The van der Waals surface area contributed by atoms with Crippen LogP contribution < -0.4 is 21.2 Å². The molecule has 0 bridgehead atoms. The summed E-state index contributed by atoms with van der Waals surface area (Å²) in [7, 11) is 0. The fraction of sp³-hybridized carbons (Fsp3) is 0.240. The molecule has 2 aromatic carbocycles. The SMILES string of the molecule is Fc1cc(N=c2ncc3cc(-c4ccc(Cl)cc4Cl)c4n(c-3n2)CCN4)ccc1N1CCNCC1. The Labute approximate surface area is 211 Å². The van der Waals surface area contributed by atoms with Gasteiger partial charge in [-0.1, -0.05) is 29.3 Å². The van der Waals surface area contributed by atoms with Gasteiger partial charge in [-0.15, -0.1) is 0 Å². The molecule has 0 spiro atoms. The summed E-state index contributed by atoms with van der Waals surface area (Å²) in [6.07, 6.45) is 1.74. The molecule has 0 atom stereocenters. The summed E-state index contributed by atoms with van der Waals surface area (Å²) in [5.41, 5.74) is 4.05. The Morgan fingerprint density at radius 2 is 1.80 bits per heavy atom. The van der Waals surface area contributed by atoms with Crippen LogP contribution in [-0.4, -0.2) is 47.3 Å². The normalized spacial score (nSPS) is 16.0. The molecule has 1 saturated heterocycles. The molecule has 2 N–H and O–H groups in total. The third kappa shape index (κ3) is 4.22. The summed E-state index contributed by atoms with van der Waals surface area (Å²) in [5.74, 6) is 1.39. The zero-order chi connectivity index (χ0) is 23.9. The highest BCUT2D eigenvalue weighted by Gasteiger charge is 2.23. The summed E-state index contributed by atoms with van der Waals surface area (Å²) in [6.45, 7) is 4.77. The first-order valence-electron chi connectivity index (χ1n) is 11.5. The van der Waals surface area contributed by atoms with Crippen molar-refractivity contribution in [3.05, 3.63) is 70.1 Å². The van der Waals surface area contributed by atoms with Gasteiger partial charge in [0.15, 0.2) is 0 Å². The molecule has 4 aliphatic heterocycles. The monoisotopic (exact) mass is 509 g/mol. The largest absolute Gasteiger partial charge is 0.369 e. The lowest BCUT2D eigenvalue weighted by Gasteiger charge is -2.29. The Morgan fingerprint density at radius 1 is 0.943 bits per heavy atom. The Kier molecular flexibility index (Phi) is 5.80. The van der Waals surface area contributed by atoms with Crippen molar-refractivity contribution < 1.29 is 4.39 Å². The van der Waals surface area contributed by atoms with Crippen LogP contribution in [0.3, 0.4) is 0 Å². The van der Waals surface area contributed by atoms with Gasteiger partial charge in [0.1, 0.15) is 17.5 Å². The van der Waals surface area contributed by atoms with Crippen LogP contribution >= 0.6 is 23.2 Å². The van der Waals surface area contributed by atoms with E-state index in [4.69, 9.17) is 28.2 Å². The second-order valence-electron chi connectivity index (χ2n) is 8.54. The van der Waals surface area contributed by atoms with E-state index in [0.717, 1.165) is 67.6 Å². The molecule has 0 saturated carbocycles. The predicted octanol–water partition coefficient (Wildman–Crippen LogP) is 4.56. The highest BCUT2D eigenvalue weighted by Crippen LogP contribution is 2.40. The number of rotatable bonds is 3. The molecule has 10 heteroatoms. The molecule has 4 heterocycles. The first-order chi connectivity index (χ1) is 17.1. The molecule has 35 heavy (non-hydrogen) atoms. The van der Waals surface area contributed by atoms with Crippen LogP contribution in [0.2, 0.25) is 10.0 Å². The van der Waals surface area contributed by atoms with Gasteiger partial charge in [-0.25, -0.2) is 14.4 Å². The van der Waals surface area contributed by atoms with Gasteiger partial charge < -0.3 is 20.1 Å². The van der Waals surface area contributed by atoms with Crippen molar-refractivity contribution in [3.63, 3.8) is 0 Å². The van der Waals surface area contributed by atoms with E-state index in [1.165, 1.54) is 6.07 Å². The first-order valence-corrected chi connectivity index (χ1v) is 12.2. The van der Waals surface area contributed by atoms with E-state index in [2.05, 4.69) is 25.2 Å². The number of fused-ring (bicyclic) bond motifs is 3. The van der Waals surface area contributed by atoms with Gasteiger partial charge in [0, 0.05) is 73.2 Å². The summed E-state index contributed by atoms with van der Waals surface area (Å²) < 4.78 is 16.9. The van der Waals surface area contributed by atoms with Crippen molar-refractivity contribution in [2.45, 2.75) is 6.54 Å². The average Bonchev–Trinajstić information content (AvgIpc) is 3.35. The van der Waals surface area contributed by atoms with Crippen molar-refractivity contribution in [1.29, 1.82) is 0 Å². The maximum Gasteiger partial charge on any atom is 0.251 e. The minimum Gasteiger partial charge on any atom is -0.369 e. The summed E-state index contributed by atoms with van der Waals surface area (Å²) in [5, 5.41) is 7.88. The van der Waals surface area contributed by atoms with Crippen molar-refractivity contribution in [3.8, 4) is 22.5 Å². The second kappa shape index (κ2) is 9.11. The third-order valence-electron chi connectivity index (χ3n) is 6.33. The molecule has 0 unspecified atom stereocenters. The molecular formula is C25H22Cl2FN7. The molecule has 2 aromatic rings. The maximum absolute atomic E-state index is 14.8. The van der Waals surface area contributed by atoms with Crippen LogP contribution in [0, 0.1) is 5.82 Å². The molecule has 7 nitrogen and oxygen atoms in total. The highest BCUT2D eigenvalue weighted by atomic mass is 35.5. The number of nitrogens with one attached hydrogen (secondary N) is 2. The number of nitrogens with zero attached hydrogens (tertiary/aromatic N) is 5. The Morgan fingerprint density at radius 3 is 2.60 bits per heavy atom. The standard InChI is InChI=1S/C25H22Cl2FN7/c26-16-1-3-18(20(27)12-16)19-11-15-14-31-25(33-23(15)35-10-7-30-24(19)35)32-17-2-4-22(21(28)13-17)34-8-5-29-6-9-34/h1-4,11-14,29-30H,5-10H2. The lowest BCUT2D eigenvalue weighted by atomic mass is 10.0. The summed E-state index contributed by atoms with van der Waals surface area (Å²) in [4.78, 5) is 15.7. The molecule has 0 radical (unpaired) electrons. The van der Waals surface area contributed by atoms with E-state index >= 15 is 0 Å². The van der Waals surface area contributed by atoms with Crippen LogP contribution in [0.15, 0.2) is 53.7 Å². The second-order valence-corrected chi connectivity index (χ2v) is 9.39. The van der Waals surface area contributed by atoms with Crippen molar-refractivity contribution in [2.75, 3.05) is 42.9 Å². The lowest BCUT2D eigenvalue weighted by Crippen LogP contribution is -2.43. The van der Waals surface area contributed by atoms with Gasteiger partial charge in [0.25, 0.3) is 5.62 Å². The van der Waals surface area contributed by atoms with Crippen LogP contribution in [0.5, 0.6) is 0 Å². The van der Waals surface area contributed by atoms with Gasteiger partial charge >= 0.3 is 0 Å². The molecule has 178 valence electrons. The minimum atomic E-state index is -0.294. The Bertz CT molecular complexity index is 1460.